The summed E-state index contributed by atoms with van der Waals surface area (Å²) < 4.78 is 13.2. The highest BCUT2D eigenvalue weighted by atomic mass is 35.5. The van der Waals surface area contributed by atoms with Crippen LogP contribution in [-0.4, -0.2) is 18.5 Å². The number of hydrogen-bond acceptors (Lipinski definition) is 1. The van der Waals surface area contributed by atoms with Gasteiger partial charge in [0, 0.05) is 23.4 Å². The Bertz CT molecular complexity index is 732. The number of nitrogens with zero attached hydrogens (tertiary/aromatic N) is 1. The minimum Gasteiger partial charge on any atom is -0.301 e. The van der Waals surface area contributed by atoms with E-state index in [1.165, 1.54) is 17.0 Å². The van der Waals surface area contributed by atoms with Crippen molar-refractivity contribution in [3.63, 3.8) is 0 Å². The van der Waals surface area contributed by atoms with Crippen molar-refractivity contribution in [1.29, 1.82) is 0 Å². The zero-order chi connectivity index (χ0) is 16.0. The van der Waals surface area contributed by atoms with Crippen molar-refractivity contribution in [2.45, 2.75) is 25.0 Å². The van der Waals surface area contributed by atoms with Gasteiger partial charge in [-0.3, -0.25) is 9.69 Å². The Kier molecular flexibility index (Phi) is 3.58. The SMILES string of the molecule is O=C1C2CCC[NH+]2C(c2ccc(Cl)cc2)N1c1ccc(F)cc1. The van der Waals surface area contributed by atoms with Crippen LogP contribution in [0.1, 0.15) is 24.6 Å². The number of fused-ring (bicyclic) bond motifs is 1. The van der Waals surface area contributed by atoms with E-state index in [0.717, 1.165) is 30.6 Å². The van der Waals surface area contributed by atoms with Gasteiger partial charge in [0.25, 0.3) is 5.91 Å². The molecule has 2 aromatic rings. The minimum absolute atomic E-state index is 0.000677. The number of benzene rings is 2. The van der Waals surface area contributed by atoms with Gasteiger partial charge in [0.2, 0.25) is 0 Å². The maximum atomic E-state index is 13.2. The number of anilines is 1. The highest BCUT2D eigenvalue weighted by Crippen LogP contribution is 2.31. The van der Waals surface area contributed by atoms with Gasteiger partial charge in [-0.2, -0.15) is 0 Å². The largest absolute Gasteiger partial charge is 0.301 e. The molecule has 0 aromatic heterocycles. The molecule has 0 radical (unpaired) electrons. The molecule has 0 aliphatic carbocycles. The van der Waals surface area contributed by atoms with E-state index in [9.17, 15) is 9.18 Å². The van der Waals surface area contributed by atoms with Gasteiger partial charge in [0.1, 0.15) is 5.82 Å². The molecule has 1 N–H and O–H groups in total. The molecule has 2 fully saturated rings. The van der Waals surface area contributed by atoms with Crippen molar-refractivity contribution in [2.75, 3.05) is 11.4 Å². The Morgan fingerprint density at radius 1 is 1.09 bits per heavy atom. The number of quaternary nitrogens is 1. The van der Waals surface area contributed by atoms with E-state index in [-0.39, 0.29) is 23.9 Å². The molecule has 2 aliphatic heterocycles. The summed E-state index contributed by atoms with van der Waals surface area (Å²) in [4.78, 5) is 16.0. The maximum Gasteiger partial charge on any atom is 0.290 e. The van der Waals surface area contributed by atoms with Crippen LogP contribution in [0.4, 0.5) is 10.1 Å². The third-order valence-corrected chi connectivity index (χ3v) is 5.09. The molecule has 2 aromatic carbocycles. The van der Waals surface area contributed by atoms with Crippen LogP contribution in [0.25, 0.3) is 0 Å². The summed E-state index contributed by atoms with van der Waals surface area (Å²) in [5.41, 5.74) is 1.81. The normalized spacial score (nSPS) is 26.6. The number of nitrogens with one attached hydrogen (secondary N) is 1. The van der Waals surface area contributed by atoms with Crippen molar-refractivity contribution in [2.24, 2.45) is 0 Å². The number of rotatable bonds is 2. The standard InChI is InChI=1S/C18H16ClFN2O/c19-13-5-3-12(4-6-13)17-21-11-1-2-16(21)18(23)22(17)15-9-7-14(20)8-10-15/h3-10,16-17H,1-2,11H2/p+1. The van der Waals surface area contributed by atoms with Crippen LogP contribution in [0.3, 0.4) is 0 Å². The summed E-state index contributed by atoms with van der Waals surface area (Å²) in [6.07, 6.45) is 1.90. The molecular formula is C18H17ClFN2O+. The molecule has 3 unspecified atom stereocenters. The van der Waals surface area contributed by atoms with E-state index in [4.69, 9.17) is 11.6 Å². The van der Waals surface area contributed by atoms with Gasteiger partial charge in [-0.1, -0.05) is 11.6 Å². The lowest BCUT2D eigenvalue weighted by molar-refractivity contribution is -0.924. The summed E-state index contributed by atoms with van der Waals surface area (Å²) >= 11 is 6.00. The van der Waals surface area contributed by atoms with Crippen molar-refractivity contribution in [1.82, 2.24) is 0 Å². The quantitative estimate of drug-likeness (QED) is 0.899. The van der Waals surface area contributed by atoms with Crippen molar-refractivity contribution < 1.29 is 14.1 Å². The summed E-state index contributed by atoms with van der Waals surface area (Å²) in [6, 6.07) is 13.8. The smallest absolute Gasteiger partial charge is 0.290 e. The molecular weight excluding hydrogens is 315 g/mol. The first kappa shape index (κ1) is 14.7. The second-order valence-corrected chi connectivity index (χ2v) is 6.59. The van der Waals surface area contributed by atoms with Crippen molar-refractivity contribution in [3.05, 3.63) is 64.9 Å². The van der Waals surface area contributed by atoms with Crippen molar-refractivity contribution in [3.8, 4) is 0 Å². The Morgan fingerprint density at radius 3 is 2.48 bits per heavy atom. The number of hydrogen-bond donors (Lipinski definition) is 1. The summed E-state index contributed by atoms with van der Waals surface area (Å²) in [5.74, 6) is -0.166. The topological polar surface area (TPSA) is 24.8 Å². The maximum absolute atomic E-state index is 13.2. The van der Waals surface area contributed by atoms with Crippen molar-refractivity contribution >= 4 is 23.2 Å². The van der Waals surface area contributed by atoms with Gasteiger partial charge >= 0.3 is 0 Å². The van der Waals surface area contributed by atoms with Crippen LogP contribution in [-0.2, 0) is 4.79 Å². The zero-order valence-corrected chi connectivity index (χ0v) is 13.3. The molecule has 0 saturated carbocycles. The Morgan fingerprint density at radius 2 is 1.78 bits per heavy atom. The second-order valence-electron chi connectivity index (χ2n) is 6.16. The molecule has 2 saturated heterocycles. The molecule has 2 aliphatic rings. The average Bonchev–Trinajstić information content (AvgIpc) is 3.12. The third kappa shape index (κ3) is 2.42. The number of carbonyl (C=O) groups excluding carboxylic acids is 1. The molecule has 3 nitrogen and oxygen atoms in total. The highest BCUT2D eigenvalue weighted by Gasteiger charge is 2.53. The van der Waals surface area contributed by atoms with E-state index in [1.54, 1.807) is 12.1 Å². The third-order valence-electron chi connectivity index (χ3n) is 4.84. The van der Waals surface area contributed by atoms with Crippen LogP contribution in [0.5, 0.6) is 0 Å². The van der Waals surface area contributed by atoms with E-state index in [2.05, 4.69) is 0 Å². The Hall–Kier alpha value is -1.91. The van der Waals surface area contributed by atoms with Gasteiger partial charge in [-0.05, 0) is 48.5 Å². The fraction of sp³-hybridized carbons (Fsp3) is 0.278. The number of halogens is 2. The fourth-order valence-corrected chi connectivity index (χ4v) is 3.95. The molecule has 23 heavy (non-hydrogen) atoms. The lowest BCUT2D eigenvalue weighted by Crippen LogP contribution is -3.12. The molecule has 1 amide bonds. The lowest BCUT2D eigenvalue weighted by Gasteiger charge is -2.26. The minimum atomic E-state index is -0.295. The molecule has 5 heteroatoms. The Labute approximate surface area is 139 Å². The summed E-state index contributed by atoms with van der Waals surface area (Å²) in [7, 11) is 0. The number of carbonyl (C=O) groups is 1. The molecule has 4 rings (SSSR count). The van der Waals surface area contributed by atoms with Gasteiger partial charge < -0.3 is 4.90 Å². The average molecular weight is 332 g/mol. The first-order valence-corrected chi connectivity index (χ1v) is 8.22. The molecule has 0 bridgehead atoms. The van der Waals surface area contributed by atoms with Crippen LogP contribution < -0.4 is 9.80 Å². The predicted molar refractivity (Wildman–Crippen MR) is 86.9 cm³/mol. The van der Waals surface area contributed by atoms with Crippen LogP contribution in [0, 0.1) is 5.82 Å². The lowest BCUT2D eigenvalue weighted by atomic mass is 10.1. The summed E-state index contributed by atoms with van der Waals surface area (Å²) in [5, 5.41) is 0.680. The van der Waals surface area contributed by atoms with Gasteiger partial charge in [-0.15, -0.1) is 0 Å². The van der Waals surface area contributed by atoms with E-state index in [0.29, 0.717) is 5.02 Å². The van der Waals surface area contributed by atoms with E-state index >= 15 is 0 Å². The van der Waals surface area contributed by atoms with Crippen LogP contribution >= 0.6 is 11.6 Å². The van der Waals surface area contributed by atoms with Gasteiger partial charge in [-0.25, -0.2) is 4.39 Å². The van der Waals surface area contributed by atoms with E-state index in [1.807, 2.05) is 29.2 Å². The monoisotopic (exact) mass is 331 g/mol. The van der Waals surface area contributed by atoms with E-state index < -0.39 is 0 Å². The second kappa shape index (κ2) is 5.62. The first-order valence-electron chi connectivity index (χ1n) is 7.85. The molecule has 118 valence electrons. The van der Waals surface area contributed by atoms with Crippen LogP contribution in [0.2, 0.25) is 5.02 Å². The van der Waals surface area contributed by atoms with Crippen LogP contribution in [0.15, 0.2) is 48.5 Å². The van der Waals surface area contributed by atoms with Gasteiger partial charge in [0.15, 0.2) is 12.2 Å². The molecule has 2 heterocycles. The Balaban J connectivity index is 1.79. The first-order chi connectivity index (χ1) is 11.1. The van der Waals surface area contributed by atoms with Gasteiger partial charge in [0.05, 0.1) is 12.2 Å². The zero-order valence-electron chi connectivity index (χ0n) is 12.5. The predicted octanol–water partition coefficient (Wildman–Crippen LogP) is 2.57. The number of amides is 1. The summed E-state index contributed by atoms with van der Waals surface area (Å²) in [6.45, 7) is 0.974. The fourth-order valence-electron chi connectivity index (χ4n) is 3.83. The highest BCUT2D eigenvalue weighted by molar-refractivity contribution is 6.30. The molecule has 0 spiro atoms. The molecule has 3 atom stereocenters.